The number of carboxylic acid groups (broad SMARTS) is 1. The van der Waals surface area contributed by atoms with Crippen LogP contribution in [0.1, 0.15) is 169 Å². The van der Waals surface area contributed by atoms with Crippen LogP contribution in [0.15, 0.2) is 164 Å². The number of ether oxygens (including phenoxy) is 5. The Balaban J connectivity index is 0.000000232. The van der Waals surface area contributed by atoms with E-state index in [9.17, 15) is 85.3 Å². The summed E-state index contributed by atoms with van der Waals surface area (Å²) in [5, 5.41) is 20.0. The highest BCUT2D eigenvalue weighted by atomic mass is 32.1. The molecule has 116 heavy (non-hydrogen) atoms. The average Bonchev–Trinajstić information content (AvgIpc) is 1.66. The number of carbonyl (C=O) groups excluding carboxylic acids is 2. The molecular formula is C83H86F15N5O10S3. The standard InChI is InChI=1S/2C29H30F6N2O3S.C14H14F3NOS.C9H10O3.C2H2/c2*1-3-23(40-27(38)24(39-2)18-7-5-4-6-8-18)25-22(17-37-15-13-21(14-16-37)29(33,34)35)36-26(41-25)19-9-11-20(12-10-19)28(30,31)32;1-3-11(19)12-8(2)18-13(20-12)9-4-6-10(7-5-9)14(15,16)17;1-12-8(9(10)11)7-5-3-2-4-6-7;1-2/h2*4-12,21,23-24H,3,13-17H2,1-2H3;4-7,11,19H,3H2,1-2H3;2-6,8H,1H3,(H,10,11);1-2H/t23-,24+;23-,24-;;8-;/m01.1./s1/i;;;;1D. The van der Waals surface area contributed by atoms with Crippen LogP contribution in [0.5, 0.6) is 0 Å². The van der Waals surface area contributed by atoms with Crippen molar-refractivity contribution in [2.24, 2.45) is 11.8 Å². The van der Waals surface area contributed by atoms with E-state index in [1.165, 1.54) is 98.1 Å². The van der Waals surface area contributed by atoms with Gasteiger partial charge in [0, 0.05) is 51.1 Å². The Morgan fingerprint density at radius 2 is 0.750 bits per heavy atom. The summed E-state index contributed by atoms with van der Waals surface area (Å²) in [6.07, 6.45) is -19.7. The lowest BCUT2D eigenvalue weighted by molar-refractivity contribution is -0.186. The van der Waals surface area contributed by atoms with Crippen LogP contribution in [0.4, 0.5) is 65.9 Å². The largest absolute Gasteiger partial charge is 0.479 e. The van der Waals surface area contributed by atoms with Gasteiger partial charge in [0.05, 0.1) is 66.3 Å². The number of aliphatic hydroxyl groups is 1. The summed E-state index contributed by atoms with van der Waals surface area (Å²) in [6, 6.07) is 40.6. The quantitative estimate of drug-likeness (QED) is 0.0331. The number of nitrogens with zero attached hydrogens (tertiary/aromatic N) is 5. The monoisotopic (exact) mass is 1690 g/mol. The lowest BCUT2D eigenvalue weighted by Crippen LogP contribution is -2.38. The van der Waals surface area contributed by atoms with E-state index in [-0.39, 0.29) is 65.0 Å². The minimum absolute atomic E-state index is 0.0342. The van der Waals surface area contributed by atoms with Crippen molar-refractivity contribution in [3.63, 3.8) is 0 Å². The number of carbonyl (C=O) groups is 3. The van der Waals surface area contributed by atoms with E-state index < -0.39 is 114 Å². The number of thiazole rings is 3. The third kappa shape index (κ3) is 26.4. The molecule has 2 aliphatic heterocycles. The number of carboxylic acids is 1. The van der Waals surface area contributed by atoms with Gasteiger partial charge in [0.1, 0.15) is 28.6 Å². The number of rotatable bonds is 24. The van der Waals surface area contributed by atoms with Gasteiger partial charge in [-0.05, 0) is 131 Å². The van der Waals surface area contributed by atoms with Crippen molar-refractivity contribution in [1.29, 1.82) is 0 Å². The Morgan fingerprint density at radius 3 is 1.01 bits per heavy atom. The number of benzene rings is 6. The molecule has 2 fully saturated rings. The molecule has 15 nitrogen and oxygen atoms in total. The van der Waals surface area contributed by atoms with Crippen LogP contribution in [-0.2, 0) is 69.7 Å². The first-order valence-electron chi connectivity index (χ1n) is 36.8. The number of methoxy groups -OCH3 is 3. The molecule has 0 bridgehead atoms. The summed E-state index contributed by atoms with van der Waals surface area (Å²) in [5.41, 5.74) is 2.89. The number of aliphatic hydroxyl groups excluding tert-OH is 1. The number of hydrogen-bond acceptors (Lipinski definition) is 17. The molecule has 9 aromatic rings. The van der Waals surface area contributed by atoms with Crippen molar-refractivity contribution in [3.8, 4) is 44.5 Å². The molecule has 6 atom stereocenters. The zero-order valence-electron chi connectivity index (χ0n) is 64.8. The lowest BCUT2D eigenvalue weighted by Gasteiger charge is -2.32. The maximum Gasteiger partial charge on any atom is 0.416 e. The second-order valence-corrected chi connectivity index (χ2v) is 29.6. The van der Waals surface area contributed by atoms with Crippen LogP contribution in [0.3, 0.4) is 0 Å². The highest BCUT2D eigenvalue weighted by Crippen LogP contribution is 2.44. The summed E-state index contributed by atoms with van der Waals surface area (Å²) >= 11 is 3.70. The first-order valence-corrected chi connectivity index (χ1v) is 38.8. The predicted octanol–water partition coefficient (Wildman–Crippen LogP) is 22.3. The average molecular weight is 1700 g/mol. The van der Waals surface area contributed by atoms with Gasteiger partial charge in [-0.15, -0.1) is 46.8 Å². The van der Waals surface area contributed by atoms with Crippen LogP contribution in [0.25, 0.3) is 31.7 Å². The molecule has 3 aromatic heterocycles. The van der Waals surface area contributed by atoms with E-state index in [1.807, 2.05) is 36.6 Å². The molecule has 5 heterocycles. The van der Waals surface area contributed by atoms with Gasteiger partial charge in [0.2, 0.25) is 0 Å². The zero-order valence-corrected chi connectivity index (χ0v) is 66.2. The first kappa shape index (κ1) is 92.4. The molecule has 0 spiro atoms. The summed E-state index contributed by atoms with van der Waals surface area (Å²) < 4.78 is 228. The van der Waals surface area contributed by atoms with Gasteiger partial charge >= 0.3 is 48.8 Å². The number of aromatic nitrogens is 3. The molecule has 0 amide bonds. The van der Waals surface area contributed by atoms with E-state index in [0.29, 0.717) is 88.8 Å². The van der Waals surface area contributed by atoms with Crippen LogP contribution in [0.2, 0.25) is 0 Å². The number of terminal acetylenes is 1. The number of piperidine rings is 2. The number of hydrogen-bond donors (Lipinski definition) is 2. The normalized spacial score (nSPS) is 15.6. The Labute approximate surface area is 674 Å². The molecule has 11 rings (SSSR count). The number of halogens is 15. The van der Waals surface area contributed by atoms with E-state index in [2.05, 4.69) is 21.4 Å². The van der Waals surface area contributed by atoms with Crippen LogP contribution < -0.4 is 0 Å². The van der Waals surface area contributed by atoms with Crippen molar-refractivity contribution < 1.29 is 116 Å². The Hall–Kier alpha value is -9.11. The summed E-state index contributed by atoms with van der Waals surface area (Å²) in [7, 11) is 4.17. The third-order valence-electron chi connectivity index (χ3n) is 18.7. The van der Waals surface area contributed by atoms with Gasteiger partial charge < -0.3 is 33.9 Å². The van der Waals surface area contributed by atoms with Gasteiger partial charge in [0.25, 0.3) is 0 Å². The molecule has 33 heteroatoms. The summed E-state index contributed by atoms with van der Waals surface area (Å²) in [6.45, 7) is 8.59. The highest BCUT2D eigenvalue weighted by Gasteiger charge is 2.44. The zero-order chi connectivity index (χ0) is 86.2. The molecule has 6 aromatic carbocycles. The van der Waals surface area contributed by atoms with Crippen LogP contribution >= 0.6 is 34.0 Å². The maximum absolute atomic E-state index is 13.2. The van der Waals surface area contributed by atoms with Crippen molar-refractivity contribution in [2.75, 3.05) is 47.5 Å². The number of aliphatic carboxylic acids is 1. The number of esters is 2. The van der Waals surface area contributed by atoms with Gasteiger partial charge in [-0.25, -0.2) is 29.3 Å². The lowest BCUT2D eigenvalue weighted by atomic mass is 9.96. The van der Waals surface area contributed by atoms with E-state index in [0.717, 1.165) is 47.0 Å². The molecule has 2 saturated heterocycles. The SMILES string of the molecule is CCC(O)c1sc(-c2ccc(C(F)(F)F)cc2)nc1C.CC[C@@H](OC(=O)[C@H](OC)c1ccccc1)c1sc(-c2ccc(C(F)(F)F)cc2)nc1CN1CCC(C(F)(F)F)CC1.CC[C@H](OC(=O)[C@H](OC)c1ccccc1)c1sc(-c2ccc(C(F)(F)F)cc2)nc1CN1CCC(C(F)(F)F)CC1.CO[C@@H](C(=O)O)c1ccccc1.[2H]C#C. The molecule has 2 aliphatic rings. The summed E-state index contributed by atoms with van der Waals surface area (Å²) in [4.78, 5) is 56.3. The Kier molecular flexibility index (Phi) is 34.1. The van der Waals surface area contributed by atoms with E-state index >= 15 is 0 Å². The summed E-state index contributed by atoms with van der Waals surface area (Å²) in [5.74, 6) is -4.92. The van der Waals surface area contributed by atoms with Crippen molar-refractivity contribution in [3.05, 3.63) is 229 Å². The second kappa shape index (κ2) is 42.8. The molecule has 626 valence electrons. The van der Waals surface area contributed by atoms with E-state index in [1.54, 1.807) is 91.9 Å². The number of aryl methyl sites for hydroxylation is 1. The fourth-order valence-electron chi connectivity index (χ4n) is 12.4. The van der Waals surface area contributed by atoms with Gasteiger partial charge in [-0.3, -0.25) is 9.80 Å². The fraction of sp³-hybridized carbons (Fsp3) is 0.398. The maximum atomic E-state index is 13.2. The first-order chi connectivity index (χ1) is 55.3. The molecule has 1 unspecified atom stereocenters. The van der Waals surface area contributed by atoms with Crippen molar-refractivity contribution in [2.45, 2.75) is 153 Å². The van der Waals surface area contributed by atoms with Crippen LogP contribution in [-0.4, -0.2) is 113 Å². The molecule has 2 N–H and O–H groups in total. The molecule has 0 aliphatic carbocycles. The van der Waals surface area contributed by atoms with Gasteiger partial charge in [-0.1, -0.05) is 148 Å². The van der Waals surface area contributed by atoms with Gasteiger partial charge in [-0.2, -0.15) is 65.9 Å². The second-order valence-electron chi connectivity index (χ2n) is 26.5. The third-order valence-corrected chi connectivity index (χ3v) is 22.5. The van der Waals surface area contributed by atoms with Crippen LogP contribution in [0, 0.1) is 31.6 Å². The highest BCUT2D eigenvalue weighted by molar-refractivity contribution is 7.16. The minimum atomic E-state index is -4.49. The molecule has 0 radical (unpaired) electrons. The smallest absolute Gasteiger partial charge is 0.416 e. The molecular weight excluding hydrogens is 1610 g/mol. The predicted molar refractivity (Wildman–Crippen MR) is 410 cm³/mol. The topological polar surface area (TPSA) is 183 Å². The molecule has 0 saturated carbocycles. The fourth-order valence-corrected chi connectivity index (χ4v) is 16.0. The minimum Gasteiger partial charge on any atom is -0.479 e. The van der Waals surface area contributed by atoms with Crippen molar-refractivity contribution >= 4 is 51.9 Å². The Bertz CT molecular complexity index is 4390. The number of likely N-dealkylation sites (tertiary alicyclic amines) is 2. The van der Waals surface area contributed by atoms with Gasteiger partial charge in [0.15, 0.2) is 18.3 Å². The number of alkyl halides is 15. The van der Waals surface area contributed by atoms with Crippen molar-refractivity contribution in [1.82, 2.24) is 24.8 Å². The van der Waals surface area contributed by atoms with E-state index in [4.69, 9.17) is 30.2 Å². The Morgan fingerprint density at radius 1 is 0.466 bits per heavy atom.